The fourth-order valence-corrected chi connectivity index (χ4v) is 4.51. The van der Waals surface area contributed by atoms with E-state index in [1.807, 2.05) is 6.92 Å². The Morgan fingerprint density at radius 1 is 1.38 bits per heavy atom. The van der Waals surface area contributed by atoms with Crippen LogP contribution < -0.4 is 5.73 Å². The lowest BCUT2D eigenvalue weighted by Gasteiger charge is -2.38. The molecule has 4 nitrogen and oxygen atoms in total. The van der Waals surface area contributed by atoms with Crippen LogP contribution in [0.15, 0.2) is 23.1 Å². The molecule has 2 rings (SSSR count). The van der Waals surface area contributed by atoms with Crippen molar-refractivity contribution >= 4 is 22.4 Å². The van der Waals surface area contributed by atoms with Gasteiger partial charge in [-0.2, -0.15) is 4.31 Å². The first kappa shape index (κ1) is 18.3. The van der Waals surface area contributed by atoms with Crippen LogP contribution in [0.3, 0.4) is 0 Å². The zero-order valence-corrected chi connectivity index (χ0v) is 13.3. The third kappa shape index (κ3) is 3.53. The third-order valence-electron chi connectivity index (χ3n) is 3.79. The molecule has 2 N–H and O–H groups in total. The highest BCUT2D eigenvalue weighted by atomic mass is 35.5. The Bertz CT molecular complexity index is 598. The zero-order chi connectivity index (χ0) is 14.9. The van der Waals surface area contributed by atoms with E-state index in [0.29, 0.717) is 6.42 Å². The summed E-state index contributed by atoms with van der Waals surface area (Å²) in [5.74, 6) is -1.63. The zero-order valence-electron chi connectivity index (χ0n) is 11.6. The van der Waals surface area contributed by atoms with Crippen LogP contribution in [-0.4, -0.2) is 31.9 Å². The van der Waals surface area contributed by atoms with Crippen LogP contribution in [0.2, 0.25) is 0 Å². The van der Waals surface area contributed by atoms with Gasteiger partial charge in [-0.05, 0) is 37.0 Å². The van der Waals surface area contributed by atoms with Crippen molar-refractivity contribution in [3.63, 3.8) is 0 Å². The Morgan fingerprint density at radius 2 is 2.05 bits per heavy atom. The maximum atomic E-state index is 13.7. The summed E-state index contributed by atoms with van der Waals surface area (Å²) < 4.78 is 53.3. The Labute approximate surface area is 129 Å². The largest absolute Gasteiger partial charge is 0.329 e. The topological polar surface area (TPSA) is 63.4 Å². The number of hydrogen-bond donors (Lipinski definition) is 1. The monoisotopic (exact) mass is 340 g/mol. The van der Waals surface area contributed by atoms with Crippen molar-refractivity contribution < 1.29 is 17.2 Å². The van der Waals surface area contributed by atoms with Gasteiger partial charge >= 0.3 is 0 Å². The molecule has 1 saturated heterocycles. The highest BCUT2D eigenvalue weighted by Crippen LogP contribution is 2.29. The van der Waals surface area contributed by atoms with E-state index >= 15 is 0 Å². The summed E-state index contributed by atoms with van der Waals surface area (Å²) in [6, 6.07) is 2.06. The van der Waals surface area contributed by atoms with Gasteiger partial charge in [0, 0.05) is 19.1 Å². The first-order valence-electron chi connectivity index (χ1n) is 6.55. The number of rotatable bonds is 3. The highest BCUT2D eigenvalue weighted by molar-refractivity contribution is 7.89. The predicted octanol–water partition coefficient (Wildman–Crippen LogP) is 2.13. The van der Waals surface area contributed by atoms with Gasteiger partial charge in [-0.3, -0.25) is 0 Å². The Balaban J connectivity index is 0.00000220. The summed E-state index contributed by atoms with van der Waals surface area (Å²) in [7, 11) is -4.07. The van der Waals surface area contributed by atoms with Crippen LogP contribution in [0.1, 0.15) is 19.8 Å². The number of hydrogen-bond acceptors (Lipinski definition) is 3. The minimum absolute atomic E-state index is 0. The molecule has 21 heavy (non-hydrogen) atoms. The van der Waals surface area contributed by atoms with Crippen molar-refractivity contribution in [2.45, 2.75) is 30.7 Å². The molecule has 0 radical (unpaired) electrons. The standard InChI is InChI=1S/C13H18F2N2O2S.ClH/c1-9-3-2-6-17(12(9)8-16)20(18,19)13-7-10(14)4-5-11(13)15;/h4-5,7,9,12H,2-3,6,8,16H2,1H3;1H. The second-order valence-electron chi connectivity index (χ2n) is 5.11. The third-order valence-corrected chi connectivity index (χ3v) is 5.73. The lowest BCUT2D eigenvalue weighted by atomic mass is 9.93. The molecule has 1 aromatic rings. The molecule has 0 bridgehead atoms. The molecule has 120 valence electrons. The van der Waals surface area contributed by atoms with Gasteiger partial charge in [0.15, 0.2) is 0 Å². The molecule has 2 unspecified atom stereocenters. The summed E-state index contributed by atoms with van der Waals surface area (Å²) in [6.07, 6.45) is 1.56. The fraction of sp³-hybridized carbons (Fsp3) is 0.538. The molecule has 8 heteroatoms. The molecule has 1 aliphatic rings. The molecule has 1 fully saturated rings. The van der Waals surface area contributed by atoms with Crippen LogP contribution in [0.5, 0.6) is 0 Å². The molecule has 0 aromatic heterocycles. The molecule has 0 spiro atoms. The van der Waals surface area contributed by atoms with Crippen molar-refractivity contribution in [2.24, 2.45) is 11.7 Å². The number of sulfonamides is 1. The predicted molar refractivity (Wildman–Crippen MR) is 78.7 cm³/mol. The molecule has 1 aromatic carbocycles. The average Bonchev–Trinajstić information content (AvgIpc) is 2.41. The first-order valence-corrected chi connectivity index (χ1v) is 7.99. The van der Waals surface area contributed by atoms with E-state index in [2.05, 4.69) is 0 Å². The maximum Gasteiger partial charge on any atom is 0.246 e. The van der Waals surface area contributed by atoms with Gasteiger partial charge in [0.05, 0.1) is 0 Å². The summed E-state index contributed by atoms with van der Waals surface area (Å²) in [5.41, 5.74) is 5.65. The average molecular weight is 341 g/mol. The Morgan fingerprint density at radius 3 is 2.67 bits per heavy atom. The summed E-state index contributed by atoms with van der Waals surface area (Å²) in [6.45, 7) is 2.36. The number of nitrogens with two attached hydrogens (primary N) is 1. The SMILES string of the molecule is CC1CCCN(S(=O)(=O)c2cc(F)ccc2F)C1CN.Cl. The van der Waals surface area contributed by atoms with Gasteiger partial charge < -0.3 is 5.73 Å². The lowest BCUT2D eigenvalue weighted by Crippen LogP contribution is -2.51. The van der Waals surface area contributed by atoms with E-state index in [9.17, 15) is 17.2 Å². The van der Waals surface area contributed by atoms with Gasteiger partial charge in [-0.25, -0.2) is 17.2 Å². The molecule has 2 atom stereocenters. The van der Waals surface area contributed by atoms with Crippen molar-refractivity contribution in [3.05, 3.63) is 29.8 Å². The van der Waals surface area contributed by atoms with E-state index in [4.69, 9.17) is 5.73 Å². The summed E-state index contributed by atoms with van der Waals surface area (Å²) >= 11 is 0. The smallest absolute Gasteiger partial charge is 0.246 e. The second kappa shape index (κ2) is 7.00. The quantitative estimate of drug-likeness (QED) is 0.916. The molecule has 1 heterocycles. The molecule has 0 saturated carbocycles. The van der Waals surface area contributed by atoms with Crippen LogP contribution in [0.25, 0.3) is 0 Å². The molecule has 0 amide bonds. The van der Waals surface area contributed by atoms with Crippen LogP contribution in [0.4, 0.5) is 8.78 Å². The van der Waals surface area contributed by atoms with Crippen molar-refractivity contribution in [2.75, 3.05) is 13.1 Å². The normalized spacial score (nSPS) is 23.6. The number of nitrogens with zero attached hydrogens (tertiary/aromatic N) is 1. The maximum absolute atomic E-state index is 13.7. The second-order valence-corrected chi connectivity index (χ2v) is 6.97. The molecular weight excluding hydrogens is 322 g/mol. The molecule has 0 aliphatic carbocycles. The number of benzene rings is 1. The number of piperidine rings is 1. The minimum Gasteiger partial charge on any atom is -0.329 e. The van der Waals surface area contributed by atoms with E-state index in [-0.39, 0.29) is 37.5 Å². The Kier molecular flexibility index (Phi) is 6.10. The van der Waals surface area contributed by atoms with E-state index in [0.717, 1.165) is 24.6 Å². The van der Waals surface area contributed by atoms with E-state index in [1.165, 1.54) is 4.31 Å². The molecule has 1 aliphatic heterocycles. The summed E-state index contributed by atoms with van der Waals surface area (Å²) in [5, 5.41) is 0. The van der Waals surface area contributed by atoms with Gasteiger partial charge in [-0.15, -0.1) is 12.4 Å². The molecular formula is C13H19ClF2N2O2S. The first-order chi connectivity index (χ1) is 9.37. The van der Waals surface area contributed by atoms with Gasteiger partial charge in [0.25, 0.3) is 0 Å². The fourth-order valence-electron chi connectivity index (χ4n) is 2.66. The van der Waals surface area contributed by atoms with Crippen molar-refractivity contribution in [3.8, 4) is 0 Å². The van der Waals surface area contributed by atoms with Crippen molar-refractivity contribution in [1.82, 2.24) is 4.31 Å². The van der Waals surface area contributed by atoms with Gasteiger partial charge in [0.2, 0.25) is 10.0 Å². The lowest BCUT2D eigenvalue weighted by molar-refractivity contribution is 0.192. The minimum atomic E-state index is -4.07. The van der Waals surface area contributed by atoms with Gasteiger partial charge in [0.1, 0.15) is 16.5 Å². The highest BCUT2D eigenvalue weighted by Gasteiger charge is 2.37. The van der Waals surface area contributed by atoms with E-state index < -0.39 is 26.6 Å². The van der Waals surface area contributed by atoms with Gasteiger partial charge in [-0.1, -0.05) is 6.92 Å². The summed E-state index contributed by atoms with van der Waals surface area (Å²) in [4.78, 5) is -0.620. The van der Waals surface area contributed by atoms with E-state index in [1.54, 1.807) is 0 Å². The Hall–Kier alpha value is -0.760. The van der Waals surface area contributed by atoms with Crippen LogP contribution in [0, 0.1) is 17.6 Å². The van der Waals surface area contributed by atoms with Crippen LogP contribution >= 0.6 is 12.4 Å². The number of halogens is 3. The van der Waals surface area contributed by atoms with Crippen LogP contribution in [-0.2, 0) is 10.0 Å². The van der Waals surface area contributed by atoms with Crippen molar-refractivity contribution in [1.29, 1.82) is 0 Å².